The molecule has 2 aromatic carbocycles. The second kappa shape index (κ2) is 5.74. The summed E-state index contributed by atoms with van der Waals surface area (Å²) in [6, 6.07) is 16.8. The Balaban J connectivity index is 1.75. The minimum absolute atomic E-state index is 0.370. The highest BCUT2D eigenvalue weighted by molar-refractivity contribution is 6.30. The molecule has 0 saturated carbocycles. The summed E-state index contributed by atoms with van der Waals surface area (Å²) in [6.45, 7) is 0. The Hall–Kier alpha value is -2.69. The molecule has 3 aromatic rings. The number of benzene rings is 2. The molecule has 1 atom stereocenters. The highest BCUT2D eigenvalue weighted by Crippen LogP contribution is 2.39. The second-order valence-corrected chi connectivity index (χ2v) is 6.10. The predicted molar refractivity (Wildman–Crippen MR) is 93.8 cm³/mol. The summed E-state index contributed by atoms with van der Waals surface area (Å²) in [5.41, 5.74) is 3.51. The van der Waals surface area contributed by atoms with Gasteiger partial charge in [-0.1, -0.05) is 41.9 Å². The molecule has 0 bridgehead atoms. The van der Waals surface area contributed by atoms with E-state index in [0.717, 1.165) is 15.9 Å². The number of hydrogen-bond donors (Lipinski definition) is 1. The summed E-state index contributed by atoms with van der Waals surface area (Å²) in [4.78, 5) is 12.3. The Bertz CT molecular complexity index is 961. The van der Waals surface area contributed by atoms with Crippen LogP contribution in [0.3, 0.4) is 0 Å². The van der Waals surface area contributed by atoms with Crippen molar-refractivity contribution in [1.29, 1.82) is 0 Å². The summed E-state index contributed by atoms with van der Waals surface area (Å²) in [5, 5.41) is 11.1. The number of aromatic nitrogens is 1. The van der Waals surface area contributed by atoms with Crippen LogP contribution >= 0.6 is 11.6 Å². The minimum Gasteiger partial charge on any atom is -0.382 e. The third-order valence-corrected chi connectivity index (χ3v) is 4.39. The fourth-order valence-corrected chi connectivity index (χ4v) is 3.09. The van der Waals surface area contributed by atoms with Gasteiger partial charge in [-0.05, 0) is 29.3 Å². The van der Waals surface area contributed by atoms with Crippen LogP contribution < -0.4 is 0 Å². The maximum absolute atomic E-state index is 12.3. The van der Waals surface area contributed by atoms with Gasteiger partial charge in [0.2, 0.25) is 0 Å². The van der Waals surface area contributed by atoms with Gasteiger partial charge in [-0.25, -0.2) is 0 Å². The van der Waals surface area contributed by atoms with E-state index in [1.807, 2.05) is 48.8 Å². The quantitative estimate of drug-likeness (QED) is 0.685. The molecule has 1 aromatic heterocycles. The zero-order chi connectivity index (χ0) is 16.7. The molecule has 1 N–H and O–H groups in total. The normalized spacial score (nSPS) is 16.7. The van der Waals surface area contributed by atoms with Gasteiger partial charge in [0, 0.05) is 28.4 Å². The first-order valence-corrected chi connectivity index (χ1v) is 7.90. The van der Waals surface area contributed by atoms with Gasteiger partial charge in [0.25, 0.3) is 11.9 Å². The van der Waals surface area contributed by atoms with E-state index < -0.39 is 6.10 Å². The van der Waals surface area contributed by atoms with Crippen LogP contribution in [0.15, 0.2) is 73.2 Å². The smallest absolute Gasteiger partial charge is 0.270 e. The standard InChI is InChI=1S/C19H14ClN2O2/c20-15-6-7-16-17(10-15)22(24)12-18(19(16)23)21-9-8-14(11-21)13-4-2-1-3-5-13/h1-12,19,23H/q+1. The van der Waals surface area contributed by atoms with Gasteiger partial charge in [-0.15, -0.1) is 0 Å². The van der Waals surface area contributed by atoms with Crippen molar-refractivity contribution in [1.82, 2.24) is 4.57 Å². The molecule has 1 aliphatic rings. The Morgan fingerprint density at radius 3 is 2.62 bits per heavy atom. The van der Waals surface area contributed by atoms with Crippen LogP contribution in [0.5, 0.6) is 0 Å². The van der Waals surface area contributed by atoms with Crippen LogP contribution in [0.2, 0.25) is 5.02 Å². The lowest BCUT2D eigenvalue weighted by molar-refractivity contribution is -0.387. The van der Waals surface area contributed by atoms with E-state index >= 15 is 0 Å². The number of halogens is 1. The summed E-state index contributed by atoms with van der Waals surface area (Å²) >= 11 is 5.94. The number of aliphatic hydroxyl groups excluding tert-OH is 1. The number of aliphatic hydroxyl groups is 1. The van der Waals surface area contributed by atoms with E-state index in [9.17, 15) is 10.0 Å². The summed E-state index contributed by atoms with van der Waals surface area (Å²) in [7, 11) is 0. The van der Waals surface area contributed by atoms with E-state index in [4.69, 9.17) is 11.6 Å². The van der Waals surface area contributed by atoms with Gasteiger partial charge in [0.15, 0.2) is 0 Å². The molecule has 0 aliphatic carbocycles. The van der Waals surface area contributed by atoms with Crippen LogP contribution in [0, 0.1) is 4.91 Å². The molecule has 0 fully saturated rings. The van der Waals surface area contributed by atoms with E-state index in [0.29, 0.717) is 22.0 Å². The molecule has 0 saturated heterocycles. The Morgan fingerprint density at radius 1 is 1.04 bits per heavy atom. The lowest BCUT2D eigenvalue weighted by Gasteiger charge is -2.18. The molecule has 118 valence electrons. The van der Waals surface area contributed by atoms with Gasteiger partial charge in [-0.2, -0.15) is 0 Å². The van der Waals surface area contributed by atoms with Gasteiger partial charge >= 0.3 is 0 Å². The molecule has 0 radical (unpaired) electrons. The molecule has 0 spiro atoms. The van der Waals surface area contributed by atoms with Crippen molar-refractivity contribution >= 4 is 23.0 Å². The minimum atomic E-state index is -0.890. The maximum atomic E-state index is 12.3. The van der Waals surface area contributed by atoms with Crippen molar-refractivity contribution < 1.29 is 9.87 Å². The maximum Gasteiger partial charge on any atom is 0.270 e. The molecule has 4 rings (SSSR count). The van der Waals surface area contributed by atoms with E-state index in [1.165, 1.54) is 6.20 Å². The number of fused-ring (bicyclic) bond motifs is 1. The first kappa shape index (κ1) is 14.9. The second-order valence-electron chi connectivity index (χ2n) is 5.66. The van der Waals surface area contributed by atoms with Crippen LogP contribution in [0.4, 0.5) is 5.69 Å². The van der Waals surface area contributed by atoms with Crippen molar-refractivity contribution in [2.45, 2.75) is 6.10 Å². The topological polar surface area (TPSA) is 45.2 Å². The number of nitroso groups, excluding NO2 is 1. The summed E-state index contributed by atoms with van der Waals surface area (Å²) in [5.74, 6) is 0. The van der Waals surface area contributed by atoms with E-state index in [-0.39, 0.29) is 0 Å². The molecule has 4 nitrogen and oxygen atoms in total. The van der Waals surface area contributed by atoms with Gasteiger partial charge in [-0.3, -0.25) is 0 Å². The predicted octanol–water partition coefficient (Wildman–Crippen LogP) is 4.76. The fourth-order valence-electron chi connectivity index (χ4n) is 2.92. The first-order chi connectivity index (χ1) is 11.6. The lowest BCUT2D eigenvalue weighted by Crippen LogP contribution is -2.15. The van der Waals surface area contributed by atoms with Crippen LogP contribution in [0.1, 0.15) is 11.7 Å². The van der Waals surface area contributed by atoms with Gasteiger partial charge < -0.3 is 9.67 Å². The first-order valence-electron chi connectivity index (χ1n) is 7.53. The fraction of sp³-hybridized carbons (Fsp3) is 0.0526. The largest absolute Gasteiger partial charge is 0.382 e. The molecule has 5 heteroatoms. The molecule has 1 aliphatic heterocycles. The number of hydrogen-bond acceptors (Lipinski definition) is 2. The van der Waals surface area contributed by atoms with Crippen LogP contribution in [-0.4, -0.2) is 14.4 Å². The van der Waals surface area contributed by atoms with Gasteiger partial charge in [0.05, 0.1) is 10.3 Å². The van der Waals surface area contributed by atoms with Gasteiger partial charge in [0.1, 0.15) is 11.8 Å². The molecule has 0 amide bonds. The molecular weight excluding hydrogens is 324 g/mol. The molecular formula is C19H14ClN2O2+. The number of nitrogens with zero attached hydrogens (tertiary/aromatic N) is 2. The van der Waals surface area contributed by atoms with Crippen molar-refractivity contribution in [3.63, 3.8) is 0 Å². The van der Waals surface area contributed by atoms with E-state index in [1.54, 1.807) is 22.8 Å². The van der Waals surface area contributed by atoms with Crippen LogP contribution in [-0.2, 0) is 0 Å². The van der Waals surface area contributed by atoms with Crippen molar-refractivity contribution in [2.75, 3.05) is 0 Å². The highest BCUT2D eigenvalue weighted by Gasteiger charge is 2.33. The molecule has 2 heterocycles. The number of rotatable bonds is 2. The van der Waals surface area contributed by atoms with Crippen LogP contribution in [0.25, 0.3) is 16.8 Å². The average molecular weight is 338 g/mol. The monoisotopic (exact) mass is 337 g/mol. The van der Waals surface area contributed by atoms with Crippen molar-refractivity contribution in [3.05, 3.63) is 88.7 Å². The van der Waals surface area contributed by atoms with E-state index in [2.05, 4.69) is 0 Å². The van der Waals surface area contributed by atoms with Crippen molar-refractivity contribution in [2.24, 2.45) is 0 Å². The Labute approximate surface area is 143 Å². The Kier molecular flexibility index (Phi) is 3.56. The molecule has 1 unspecified atom stereocenters. The third-order valence-electron chi connectivity index (χ3n) is 4.15. The van der Waals surface area contributed by atoms with Crippen molar-refractivity contribution in [3.8, 4) is 11.1 Å². The molecule has 24 heavy (non-hydrogen) atoms. The zero-order valence-electron chi connectivity index (χ0n) is 12.6. The SMILES string of the molecule is O=[N+]1C=C(n2ccc(-c3ccccc3)c2)C(O)c2ccc(Cl)cc21. The summed E-state index contributed by atoms with van der Waals surface area (Å²) in [6.07, 6.45) is 4.24. The third kappa shape index (κ3) is 2.46. The highest BCUT2D eigenvalue weighted by atomic mass is 35.5. The summed E-state index contributed by atoms with van der Waals surface area (Å²) < 4.78 is 2.51. The Morgan fingerprint density at radius 2 is 1.83 bits per heavy atom. The zero-order valence-corrected chi connectivity index (χ0v) is 13.4. The lowest BCUT2D eigenvalue weighted by atomic mass is 10.0. The average Bonchev–Trinajstić information content (AvgIpc) is 3.08.